The Morgan fingerprint density at radius 2 is 2.04 bits per heavy atom. The monoisotopic (exact) mass is 351 g/mol. The third-order valence-electron chi connectivity index (χ3n) is 4.84. The van der Waals surface area contributed by atoms with Crippen LogP contribution in [0.4, 0.5) is 5.69 Å². The first-order valence-corrected chi connectivity index (χ1v) is 8.73. The minimum atomic E-state index is -0.657. The van der Waals surface area contributed by atoms with E-state index in [1.165, 1.54) is 0 Å². The number of hydrogen-bond donors (Lipinski definition) is 2. The summed E-state index contributed by atoms with van der Waals surface area (Å²) in [5.41, 5.74) is 1.02. The van der Waals surface area contributed by atoms with Gasteiger partial charge in [-0.15, -0.1) is 0 Å². The molecule has 0 saturated carbocycles. The number of hydrogen-bond acceptors (Lipinski definition) is 5. The Morgan fingerprint density at radius 3 is 2.65 bits per heavy atom. The molecule has 2 N–H and O–H groups in total. The number of anilines is 1. The maximum atomic E-state index is 13.1. The zero-order chi connectivity index (χ0) is 18.0. The molecule has 7 heteroatoms. The number of rotatable bonds is 4. The van der Waals surface area contributed by atoms with E-state index >= 15 is 0 Å². The summed E-state index contributed by atoms with van der Waals surface area (Å²) in [4.78, 5) is 17.2. The van der Waals surface area contributed by atoms with E-state index in [0.29, 0.717) is 24.5 Å². The van der Waals surface area contributed by atoms with E-state index in [9.17, 15) is 4.79 Å². The van der Waals surface area contributed by atoms with Crippen LogP contribution in [0.1, 0.15) is 18.7 Å². The van der Waals surface area contributed by atoms with Gasteiger partial charge in [0.2, 0.25) is 0 Å². The minimum Gasteiger partial charge on any atom is -0.441 e. The van der Waals surface area contributed by atoms with Crippen LogP contribution in [-0.4, -0.2) is 33.8 Å². The molecular formula is C19H21N5O2. The highest BCUT2D eigenvalue weighted by Gasteiger charge is 2.42. The number of oxazole rings is 1. The fraction of sp³-hybridized carbons (Fsp3) is 0.316. The summed E-state index contributed by atoms with van der Waals surface area (Å²) in [6, 6.07) is 9.44. The van der Waals surface area contributed by atoms with Gasteiger partial charge in [0.25, 0.3) is 5.91 Å². The summed E-state index contributed by atoms with van der Waals surface area (Å²) < 4.78 is 7.32. The quantitative estimate of drug-likeness (QED) is 0.755. The fourth-order valence-corrected chi connectivity index (χ4v) is 3.38. The van der Waals surface area contributed by atoms with Crippen molar-refractivity contribution in [2.45, 2.75) is 25.3 Å². The smallest absolute Gasteiger partial charge is 0.252 e. The lowest BCUT2D eigenvalue weighted by molar-refractivity contribution is -0.126. The number of nitrogens with one attached hydrogen (secondary N) is 2. The predicted octanol–water partition coefficient (Wildman–Crippen LogP) is 2.56. The lowest BCUT2D eigenvalue weighted by Crippen LogP contribution is -2.52. The Hall–Kier alpha value is -2.93. The summed E-state index contributed by atoms with van der Waals surface area (Å²) in [5.74, 6) is 1.31. The molecule has 0 spiro atoms. The zero-order valence-corrected chi connectivity index (χ0v) is 14.6. The van der Waals surface area contributed by atoms with Crippen molar-refractivity contribution in [3.05, 3.63) is 54.8 Å². The van der Waals surface area contributed by atoms with Crippen LogP contribution in [0.15, 0.2) is 53.3 Å². The van der Waals surface area contributed by atoms with Crippen LogP contribution < -0.4 is 10.6 Å². The van der Waals surface area contributed by atoms with Gasteiger partial charge in [-0.1, -0.05) is 0 Å². The van der Waals surface area contributed by atoms with Crippen LogP contribution in [0.2, 0.25) is 0 Å². The number of aryl methyl sites for hydroxylation is 1. The highest BCUT2D eigenvalue weighted by atomic mass is 16.4. The second-order valence-electron chi connectivity index (χ2n) is 6.51. The summed E-state index contributed by atoms with van der Waals surface area (Å²) in [5, 5.41) is 10.7. The van der Waals surface area contributed by atoms with E-state index in [4.69, 9.17) is 4.42 Å². The van der Waals surface area contributed by atoms with Crippen molar-refractivity contribution in [3.63, 3.8) is 0 Å². The van der Waals surface area contributed by atoms with Crippen molar-refractivity contribution in [1.82, 2.24) is 20.1 Å². The lowest BCUT2D eigenvalue weighted by Gasteiger charge is -2.36. The Bertz CT molecular complexity index is 877. The Balaban J connectivity index is 1.55. The largest absolute Gasteiger partial charge is 0.441 e. The molecule has 1 saturated heterocycles. The van der Waals surface area contributed by atoms with Crippen LogP contribution in [0.5, 0.6) is 0 Å². The van der Waals surface area contributed by atoms with Gasteiger partial charge < -0.3 is 15.1 Å². The van der Waals surface area contributed by atoms with Crippen molar-refractivity contribution in [1.29, 1.82) is 0 Å². The van der Waals surface area contributed by atoms with E-state index in [1.807, 2.05) is 43.5 Å². The molecule has 1 aromatic carbocycles. The molecule has 7 nitrogen and oxygen atoms in total. The van der Waals surface area contributed by atoms with Gasteiger partial charge in [0.05, 0.1) is 6.20 Å². The molecule has 26 heavy (non-hydrogen) atoms. The molecular weight excluding hydrogens is 330 g/mol. The van der Waals surface area contributed by atoms with Crippen LogP contribution in [-0.2, 0) is 10.3 Å². The fourth-order valence-electron chi connectivity index (χ4n) is 3.38. The van der Waals surface area contributed by atoms with Gasteiger partial charge in [-0.05, 0) is 56.3 Å². The van der Waals surface area contributed by atoms with E-state index in [1.54, 1.807) is 17.1 Å². The van der Waals surface area contributed by atoms with Crippen molar-refractivity contribution in [2.24, 2.45) is 0 Å². The summed E-state index contributed by atoms with van der Waals surface area (Å²) in [6.07, 6.45) is 6.68. The average Bonchev–Trinajstić information content (AvgIpc) is 3.35. The van der Waals surface area contributed by atoms with E-state index in [2.05, 4.69) is 20.7 Å². The van der Waals surface area contributed by atoms with Crippen molar-refractivity contribution < 1.29 is 9.21 Å². The number of carbonyl (C=O) groups is 1. The normalized spacial score (nSPS) is 16.3. The molecule has 0 radical (unpaired) electrons. The number of piperidine rings is 1. The topological polar surface area (TPSA) is 85.0 Å². The summed E-state index contributed by atoms with van der Waals surface area (Å²) >= 11 is 0. The molecule has 1 fully saturated rings. The highest BCUT2D eigenvalue weighted by molar-refractivity contribution is 5.97. The molecule has 0 unspecified atom stereocenters. The number of carbonyl (C=O) groups excluding carboxylic acids is 1. The predicted molar refractivity (Wildman–Crippen MR) is 97.6 cm³/mol. The van der Waals surface area contributed by atoms with Gasteiger partial charge in [-0.2, -0.15) is 5.10 Å². The molecule has 134 valence electrons. The van der Waals surface area contributed by atoms with Gasteiger partial charge >= 0.3 is 0 Å². The summed E-state index contributed by atoms with van der Waals surface area (Å²) in [6.45, 7) is 3.39. The lowest BCUT2D eigenvalue weighted by atomic mass is 9.87. The standard InChI is InChI=1S/C19H21N5O2/c1-14-21-13-17(26-14)15-3-5-16(6-4-15)23-18(25)19(7-10-20-11-8-19)24-12-2-9-22-24/h2-6,9,12-13,20H,7-8,10-11H2,1H3,(H,23,25). The third kappa shape index (κ3) is 3.01. The maximum Gasteiger partial charge on any atom is 0.252 e. The summed E-state index contributed by atoms with van der Waals surface area (Å²) in [7, 11) is 0. The molecule has 3 heterocycles. The average molecular weight is 351 g/mol. The molecule has 4 rings (SSSR count). The second-order valence-corrected chi connectivity index (χ2v) is 6.51. The highest BCUT2D eigenvalue weighted by Crippen LogP contribution is 2.29. The first-order chi connectivity index (χ1) is 12.7. The number of benzene rings is 1. The molecule has 3 aromatic rings. The van der Waals surface area contributed by atoms with Crippen LogP contribution in [0.25, 0.3) is 11.3 Å². The SMILES string of the molecule is Cc1ncc(-c2ccc(NC(=O)C3(n4cccn4)CCNCC3)cc2)o1. The van der Waals surface area contributed by atoms with E-state index in [-0.39, 0.29) is 5.91 Å². The second kappa shape index (κ2) is 6.76. The Morgan fingerprint density at radius 1 is 1.27 bits per heavy atom. The van der Waals surface area contributed by atoms with E-state index in [0.717, 1.165) is 24.3 Å². The van der Waals surface area contributed by atoms with Crippen LogP contribution in [0.3, 0.4) is 0 Å². The number of amides is 1. The molecule has 0 bridgehead atoms. The third-order valence-corrected chi connectivity index (χ3v) is 4.84. The molecule has 1 aliphatic rings. The first kappa shape index (κ1) is 16.5. The first-order valence-electron chi connectivity index (χ1n) is 8.73. The van der Waals surface area contributed by atoms with Gasteiger partial charge in [-0.25, -0.2) is 4.98 Å². The Kier molecular flexibility index (Phi) is 4.30. The van der Waals surface area contributed by atoms with Gasteiger partial charge in [0, 0.05) is 30.6 Å². The minimum absolute atomic E-state index is 0.0361. The van der Waals surface area contributed by atoms with E-state index < -0.39 is 5.54 Å². The van der Waals surface area contributed by atoms with Crippen molar-refractivity contribution in [3.8, 4) is 11.3 Å². The van der Waals surface area contributed by atoms with Crippen molar-refractivity contribution >= 4 is 11.6 Å². The maximum absolute atomic E-state index is 13.1. The van der Waals surface area contributed by atoms with Gasteiger partial charge in [0.15, 0.2) is 11.7 Å². The zero-order valence-electron chi connectivity index (χ0n) is 14.6. The number of aromatic nitrogens is 3. The Labute approximate surface area is 151 Å². The molecule has 1 aliphatic heterocycles. The van der Waals surface area contributed by atoms with Crippen molar-refractivity contribution in [2.75, 3.05) is 18.4 Å². The molecule has 0 aliphatic carbocycles. The van der Waals surface area contributed by atoms with Gasteiger partial charge in [0.1, 0.15) is 5.54 Å². The molecule has 1 amide bonds. The molecule has 0 atom stereocenters. The van der Waals surface area contributed by atoms with Crippen LogP contribution in [0, 0.1) is 6.92 Å². The molecule has 2 aromatic heterocycles. The van der Waals surface area contributed by atoms with Crippen LogP contribution >= 0.6 is 0 Å². The number of nitrogens with zero attached hydrogens (tertiary/aromatic N) is 3. The van der Waals surface area contributed by atoms with Gasteiger partial charge in [-0.3, -0.25) is 9.48 Å².